The SMILES string of the molecule is C=CC(=O)OC(C)(C)COC(C)(C)c1ccc(OC)cc1. The van der Waals surface area contributed by atoms with Gasteiger partial charge in [0.15, 0.2) is 0 Å². The second-order valence-corrected chi connectivity index (χ2v) is 5.91. The van der Waals surface area contributed by atoms with Crippen molar-refractivity contribution in [2.45, 2.75) is 38.9 Å². The van der Waals surface area contributed by atoms with Gasteiger partial charge in [0.2, 0.25) is 0 Å². The second-order valence-electron chi connectivity index (χ2n) is 5.91. The lowest BCUT2D eigenvalue weighted by Gasteiger charge is -2.32. The van der Waals surface area contributed by atoms with Gasteiger partial charge in [-0.25, -0.2) is 4.79 Å². The zero-order valence-electron chi connectivity index (χ0n) is 13.4. The lowest BCUT2D eigenvalue weighted by molar-refractivity contribution is -0.163. The number of carbonyl (C=O) groups excluding carboxylic acids is 1. The van der Waals surface area contributed by atoms with Gasteiger partial charge in [-0.1, -0.05) is 18.7 Å². The number of ether oxygens (including phenoxy) is 3. The molecule has 0 aliphatic heterocycles. The maximum absolute atomic E-state index is 11.3. The summed E-state index contributed by atoms with van der Waals surface area (Å²) in [5.41, 5.74) is -0.187. The summed E-state index contributed by atoms with van der Waals surface area (Å²) in [5.74, 6) is 0.348. The monoisotopic (exact) mass is 292 g/mol. The molecular formula is C17H24O4. The van der Waals surface area contributed by atoms with Crippen LogP contribution in [0.1, 0.15) is 33.3 Å². The van der Waals surface area contributed by atoms with Crippen molar-refractivity contribution in [1.82, 2.24) is 0 Å². The van der Waals surface area contributed by atoms with Crippen LogP contribution in [0.15, 0.2) is 36.9 Å². The van der Waals surface area contributed by atoms with E-state index in [2.05, 4.69) is 6.58 Å². The summed E-state index contributed by atoms with van der Waals surface area (Å²) >= 11 is 0. The zero-order chi connectivity index (χ0) is 16.1. The molecule has 4 nitrogen and oxygen atoms in total. The van der Waals surface area contributed by atoms with E-state index < -0.39 is 17.2 Å². The molecule has 0 atom stereocenters. The molecule has 0 saturated heterocycles. The molecule has 0 aliphatic rings. The maximum Gasteiger partial charge on any atom is 0.330 e. The van der Waals surface area contributed by atoms with Gasteiger partial charge in [0.05, 0.1) is 19.3 Å². The van der Waals surface area contributed by atoms with Crippen molar-refractivity contribution in [1.29, 1.82) is 0 Å². The minimum atomic E-state index is -0.713. The number of benzene rings is 1. The molecule has 0 bridgehead atoms. The highest BCUT2D eigenvalue weighted by atomic mass is 16.6. The van der Waals surface area contributed by atoms with Gasteiger partial charge >= 0.3 is 5.97 Å². The van der Waals surface area contributed by atoms with Crippen LogP contribution in [0.2, 0.25) is 0 Å². The van der Waals surface area contributed by atoms with Crippen LogP contribution in [0.25, 0.3) is 0 Å². The predicted molar refractivity (Wildman–Crippen MR) is 82.3 cm³/mol. The first-order chi connectivity index (χ1) is 9.70. The molecule has 1 aromatic carbocycles. The Morgan fingerprint density at radius 3 is 2.24 bits per heavy atom. The standard InChI is InChI=1S/C17H24O4/c1-7-15(18)21-16(2,3)12-20-17(4,5)13-8-10-14(19-6)11-9-13/h7-11H,1,12H2,2-6H3. The summed E-state index contributed by atoms with van der Waals surface area (Å²) in [6, 6.07) is 7.70. The highest BCUT2D eigenvalue weighted by Crippen LogP contribution is 2.28. The molecule has 21 heavy (non-hydrogen) atoms. The van der Waals surface area contributed by atoms with Gasteiger partial charge in [0, 0.05) is 6.08 Å². The van der Waals surface area contributed by atoms with Crippen molar-refractivity contribution < 1.29 is 19.0 Å². The number of hydrogen-bond acceptors (Lipinski definition) is 4. The molecular weight excluding hydrogens is 268 g/mol. The van der Waals surface area contributed by atoms with Crippen LogP contribution in [0.3, 0.4) is 0 Å². The highest BCUT2D eigenvalue weighted by Gasteiger charge is 2.28. The van der Waals surface area contributed by atoms with Gasteiger partial charge < -0.3 is 14.2 Å². The molecule has 1 aromatic rings. The molecule has 0 radical (unpaired) electrons. The molecule has 4 heteroatoms. The molecule has 0 spiro atoms. The Kier molecular flexibility index (Phi) is 5.55. The van der Waals surface area contributed by atoms with Crippen molar-refractivity contribution in [3.05, 3.63) is 42.5 Å². The molecule has 0 heterocycles. The van der Waals surface area contributed by atoms with E-state index in [0.717, 1.165) is 17.4 Å². The number of methoxy groups -OCH3 is 1. The van der Waals surface area contributed by atoms with Crippen LogP contribution in [-0.2, 0) is 19.9 Å². The van der Waals surface area contributed by atoms with Crippen molar-refractivity contribution in [3.8, 4) is 5.75 Å². The van der Waals surface area contributed by atoms with Crippen molar-refractivity contribution >= 4 is 5.97 Å². The molecule has 116 valence electrons. The van der Waals surface area contributed by atoms with Gasteiger partial charge in [0.25, 0.3) is 0 Å². The third-order valence-electron chi connectivity index (χ3n) is 3.11. The Hall–Kier alpha value is -1.81. The van der Waals surface area contributed by atoms with Gasteiger partial charge in [-0.05, 0) is 45.4 Å². The predicted octanol–water partition coefficient (Wildman–Crippen LogP) is 3.45. The van der Waals surface area contributed by atoms with Crippen LogP contribution in [0.4, 0.5) is 0 Å². The quantitative estimate of drug-likeness (QED) is 0.570. The highest BCUT2D eigenvalue weighted by molar-refractivity contribution is 5.81. The van der Waals surface area contributed by atoms with E-state index in [1.165, 1.54) is 0 Å². The van der Waals surface area contributed by atoms with E-state index in [-0.39, 0.29) is 6.61 Å². The van der Waals surface area contributed by atoms with E-state index in [1.54, 1.807) is 21.0 Å². The Labute approximate surface area is 126 Å². The minimum Gasteiger partial charge on any atom is -0.497 e. The van der Waals surface area contributed by atoms with Crippen molar-refractivity contribution in [2.75, 3.05) is 13.7 Å². The minimum absolute atomic E-state index is 0.283. The third kappa shape index (κ3) is 5.23. The Morgan fingerprint density at radius 1 is 1.19 bits per heavy atom. The van der Waals surface area contributed by atoms with Crippen LogP contribution >= 0.6 is 0 Å². The first-order valence-electron chi connectivity index (χ1n) is 6.84. The number of carbonyl (C=O) groups is 1. The number of rotatable bonds is 7. The first kappa shape index (κ1) is 17.2. The molecule has 0 aromatic heterocycles. The Balaban J connectivity index is 2.70. The molecule has 0 fully saturated rings. The van der Waals surface area contributed by atoms with E-state index >= 15 is 0 Å². The third-order valence-corrected chi connectivity index (χ3v) is 3.11. The fourth-order valence-electron chi connectivity index (χ4n) is 1.77. The molecule has 0 aliphatic carbocycles. The smallest absolute Gasteiger partial charge is 0.330 e. The van der Waals surface area contributed by atoms with Crippen LogP contribution < -0.4 is 4.74 Å². The largest absolute Gasteiger partial charge is 0.497 e. The lowest BCUT2D eigenvalue weighted by Crippen LogP contribution is -2.36. The lowest BCUT2D eigenvalue weighted by atomic mass is 9.97. The van der Waals surface area contributed by atoms with Gasteiger partial charge in [-0.2, -0.15) is 0 Å². The summed E-state index contributed by atoms with van der Waals surface area (Å²) in [4.78, 5) is 11.3. The average Bonchev–Trinajstić information content (AvgIpc) is 2.45. The summed E-state index contributed by atoms with van der Waals surface area (Å²) in [5, 5.41) is 0. The Morgan fingerprint density at radius 2 is 1.76 bits per heavy atom. The van der Waals surface area contributed by atoms with Crippen LogP contribution in [0.5, 0.6) is 5.75 Å². The maximum atomic E-state index is 11.3. The molecule has 0 saturated carbocycles. The first-order valence-corrected chi connectivity index (χ1v) is 6.84. The average molecular weight is 292 g/mol. The van der Waals surface area contributed by atoms with Crippen molar-refractivity contribution in [2.24, 2.45) is 0 Å². The molecule has 0 N–H and O–H groups in total. The molecule has 0 amide bonds. The van der Waals surface area contributed by atoms with Gasteiger partial charge in [-0.15, -0.1) is 0 Å². The molecule has 0 unspecified atom stereocenters. The Bertz CT molecular complexity index is 486. The zero-order valence-corrected chi connectivity index (χ0v) is 13.4. The fraction of sp³-hybridized carbons (Fsp3) is 0.471. The second kappa shape index (κ2) is 6.76. The normalized spacial score (nSPS) is 11.9. The van der Waals surface area contributed by atoms with E-state index in [1.807, 2.05) is 38.1 Å². The number of hydrogen-bond donors (Lipinski definition) is 0. The topological polar surface area (TPSA) is 44.8 Å². The molecule has 1 rings (SSSR count). The fourth-order valence-corrected chi connectivity index (χ4v) is 1.77. The van der Waals surface area contributed by atoms with Crippen LogP contribution in [-0.4, -0.2) is 25.3 Å². The van der Waals surface area contributed by atoms with Crippen LogP contribution in [0, 0.1) is 0 Å². The van der Waals surface area contributed by atoms with E-state index in [0.29, 0.717) is 0 Å². The summed E-state index contributed by atoms with van der Waals surface area (Å²) in [6.45, 7) is 11.2. The van der Waals surface area contributed by atoms with Crippen molar-refractivity contribution in [3.63, 3.8) is 0 Å². The van der Waals surface area contributed by atoms with Gasteiger partial charge in [-0.3, -0.25) is 0 Å². The summed E-state index contributed by atoms with van der Waals surface area (Å²) in [7, 11) is 1.63. The summed E-state index contributed by atoms with van der Waals surface area (Å²) < 4.78 is 16.3. The van der Waals surface area contributed by atoms with E-state index in [9.17, 15) is 4.79 Å². The number of esters is 1. The van der Waals surface area contributed by atoms with E-state index in [4.69, 9.17) is 14.2 Å². The van der Waals surface area contributed by atoms with Gasteiger partial charge in [0.1, 0.15) is 11.4 Å². The summed E-state index contributed by atoms with van der Waals surface area (Å²) in [6.07, 6.45) is 1.15.